The molecule has 0 spiro atoms. The zero-order chi connectivity index (χ0) is 20.1. The summed E-state index contributed by atoms with van der Waals surface area (Å²) in [6.45, 7) is -0.0261. The fraction of sp³-hybridized carbons (Fsp3) is 0.238. The summed E-state index contributed by atoms with van der Waals surface area (Å²) in [6, 6.07) is 6.94. The van der Waals surface area contributed by atoms with Gasteiger partial charge in [-0.05, 0) is 12.1 Å². The lowest BCUT2D eigenvalue weighted by Crippen LogP contribution is -2.25. The van der Waals surface area contributed by atoms with Crippen molar-refractivity contribution >= 4 is 16.9 Å². The van der Waals surface area contributed by atoms with Crippen molar-refractivity contribution in [1.82, 2.24) is 0 Å². The van der Waals surface area contributed by atoms with Crippen LogP contribution in [0.1, 0.15) is 23.5 Å². The van der Waals surface area contributed by atoms with Gasteiger partial charge in [-0.15, -0.1) is 0 Å². The standard InChI is InChI=1S/C21H16O8/c1-24-17-15-11(12-8-26-13-6-4-3-5-10(13)16(12)23)7-14(22)29-18(15)19(25-2)21-20(17)27-9-28-21/h3-6,8,11H,7,9H2,1-2H3. The van der Waals surface area contributed by atoms with Gasteiger partial charge in [0, 0.05) is 11.5 Å². The van der Waals surface area contributed by atoms with Crippen LogP contribution in [0.25, 0.3) is 11.0 Å². The molecule has 0 N–H and O–H groups in total. The number of carbonyl (C=O) groups excluding carboxylic acids is 1. The highest BCUT2D eigenvalue weighted by atomic mass is 16.7. The lowest BCUT2D eigenvalue weighted by Gasteiger charge is -2.28. The van der Waals surface area contributed by atoms with Crippen molar-refractivity contribution in [3.63, 3.8) is 0 Å². The number of benzene rings is 2. The van der Waals surface area contributed by atoms with E-state index in [0.29, 0.717) is 39.3 Å². The number of ether oxygens (including phenoxy) is 5. The number of para-hydroxylation sites is 1. The fourth-order valence-electron chi connectivity index (χ4n) is 3.90. The Labute approximate surface area is 164 Å². The molecule has 3 aromatic rings. The molecule has 0 saturated heterocycles. The molecule has 1 unspecified atom stereocenters. The molecule has 2 aromatic carbocycles. The van der Waals surface area contributed by atoms with Gasteiger partial charge in [0.05, 0.1) is 37.9 Å². The van der Waals surface area contributed by atoms with Crippen molar-refractivity contribution < 1.29 is 32.9 Å². The van der Waals surface area contributed by atoms with Crippen LogP contribution in [0.4, 0.5) is 0 Å². The normalized spacial score (nSPS) is 17.0. The van der Waals surface area contributed by atoms with E-state index < -0.39 is 11.9 Å². The first-order chi connectivity index (χ1) is 14.1. The largest absolute Gasteiger partial charge is 0.492 e. The third kappa shape index (κ3) is 2.45. The summed E-state index contributed by atoms with van der Waals surface area (Å²) >= 11 is 0. The highest BCUT2D eigenvalue weighted by Crippen LogP contribution is 2.59. The third-order valence-corrected chi connectivity index (χ3v) is 5.15. The van der Waals surface area contributed by atoms with E-state index in [1.54, 1.807) is 24.3 Å². The van der Waals surface area contributed by atoms with Crippen molar-refractivity contribution in [2.24, 2.45) is 0 Å². The SMILES string of the molecule is COc1c2c(c(OC)c3c1OC(=O)CC3c1coc3ccccc3c1=O)OCO2. The predicted molar refractivity (Wildman–Crippen MR) is 100 cm³/mol. The molecule has 3 heterocycles. The maximum Gasteiger partial charge on any atom is 0.312 e. The summed E-state index contributed by atoms with van der Waals surface area (Å²) in [4.78, 5) is 25.6. The van der Waals surface area contributed by atoms with Gasteiger partial charge in [-0.1, -0.05) is 12.1 Å². The molecule has 1 atom stereocenters. The van der Waals surface area contributed by atoms with Gasteiger partial charge in [-0.2, -0.15) is 0 Å². The first-order valence-electron chi connectivity index (χ1n) is 8.92. The highest BCUT2D eigenvalue weighted by molar-refractivity contribution is 5.84. The van der Waals surface area contributed by atoms with Crippen LogP contribution in [0.2, 0.25) is 0 Å². The summed E-state index contributed by atoms with van der Waals surface area (Å²) in [7, 11) is 2.91. The summed E-state index contributed by atoms with van der Waals surface area (Å²) in [5.74, 6) is 0.176. The van der Waals surface area contributed by atoms with E-state index in [9.17, 15) is 9.59 Å². The first-order valence-corrected chi connectivity index (χ1v) is 8.92. The van der Waals surface area contributed by atoms with Gasteiger partial charge in [0.1, 0.15) is 5.58 Å². The van der Waals surface area contributed by atoms with Crippen LogP contribution in [0.3, 0.4) is 0 Å². The lowest BCUT2D eigenvalue weighted by atomic mass is 9.85. The zero-order valence-electron chi connectivity index (χ0n) is 15.6. The van der Waals surface area contributed by atoms with Gasteiger partial charge in [0.2, 0.25) is 24.0 Å². The van der Waals surface area contributed by atoms with Gasteiger partial charge >= 0.3 is 5.97 Å². The highest BCUT2D eigenvalue weighted by Gasteiger charge is 2.41. The predicted octanol–water partition coefficient (Wildman–Crippen LogP) is 2.98. The lowest BCUT2D eigenvalue weighted by molar-refractivity contribution is -0.135. The minimum atomic E-state index is -0.662. The van der Waals surface area contributed by atoms with Crippen LogP contribution in [-0.2, 0) is 4.79 Å². The van der Waals surface area contributed by atoms with Gasteiger partial charge in [0.15, 0.2) is 16.9 Å². The quantitative estimate of drug-likeness (QED) is 0.493. The molecule has 0 radical (unpaired) electrons. The Balaban J connectivity index is 1.82. The first kappa shape index (κ1) is 17.4. The van der Waals surface area contributed by atoms with Crippen molar-refractivity contribution in [1.29, 1.82) is 0 Å². The minimum Gasteiger partial charge on any atom is -0.492 e. The average Bonchev–Trinajstić information content (AvgIpc) is 3.21. The zero-order valence-corrected chi connectivity index (χ0v) is 15.6. The molecule has 0 aliphatic carbocycles. The molecular formula is C21H16O8. The molecule has 29 heavy (non-hydrogen) atoms. The molecule has 8 heteroatoms. The van der Waals surface area contributed by atoms with Crippen LogP contribution in [-0.4, -0.2) is 27.0 Å². The molecule has 0 bridgehead atoms. The Kier molecular flexibility index (Phi) is 3.87. The molecule has 0 amide bonds. The third-order valence-electron chi connectivity index (χ3n) is 5.15. The Morgan fingerprint density at radius 3 is 2.45 bits per heavy atom. The van der Waals surface area contributed by atoms with Crippen molar-refractivity contribution in [2.45, 2.75) is 12.3 Å². The van der Waals surface area contributed by atoms with Gasteiger partial charge in [0.25, 0.3) is 0 Å². The number of fused-ring (bicyclic) bond motifs is 3. The van der Waals surface area contributed by atoms with E-state index in [1.165, 1.54) is 20.5 Å². The van der Waals surface area contributed by atoms with Crippen molar-refractivity contribution in [3.05, 3.63) is 51.9 Å². The number of carbonyl (C=O) groups is 1. The van der Waals surface area contributed by atoms with Crippen LogP contribution < -0.4 is 29.1 Å². The van der Waals surface area contributed by atoms with Crippen LogP contribution >= 0.6 is 0 Å². The molecule has 2 aliphatic rings. The number of esters is 1. The molecule has 2 aliphatic heterocycles. The van der Waals surface area contributed by atoms with Crippen molar-refractivity contribution in [2.75, 3.05) is 21.0 Å². The van der Waals surface area contributed by atoms with E-state index in [1.807, 2.05) is 0 Å². The summed E-state index contributed by atoms with van der Waals surface area (Å²) in [5, 5.41) is 0.428. The number of rotatable bonds is 3. The molecule has 5 rings (SSSR count). The number of hydrogen-bond acceptors (Lipinski definition) is 8. The summed E-state index contributed by atoms with van der Waals surface area (Å²) in [5.41, 5.74) is 1.04. The molecule has 148 valence electrons. The number of methoxy groups -OCH3 is 2. The average molecular weight is 396 g/mol. The second kappa shape index (κ2) is 6.44. The van der Waals surface area contributed by atoms with E-state index in [-0.39, 0.29) is 30.1 Å². The molecule has 0 saturated carbocycles. The van der Waals surface area contributed by atoms with Crippen molar-refractivity contribution in [3.8, 4) is 28.7 Å². The Bertz CT molecular complexity index is 1210. The van der Waals surface area contributed by atoms with E-state index in [2.05, 4.69) is 0 Å². The molecule has 0 fully saturated rings. The number of hydrogen-bond donors (Lipinski definition) is 0. The minimum absolute atomic E-state index is 0.0261. The Morgan fingerprint density at radius 2 is 1.69 bits per heavy atom. The molecular weight excluding hydrogens is 380 g/mol. The van der Waals surface area contributed by atoms with Crippen LogP contribution in [0.15, 0.2) is 39.7 Å². The summed E-state index contributed by atoms with van der Waals surface area (Å²) < 4.78 is 33.3. The van der Waals surface area contributed by atoms with Gasteiger partial charge in [-0.25, -0.2) is 0 Å². The fourth-order valence-corrected chi connectivity index (χ4v) is 3.90. The molecule has 8 nitrogen and oxygen atoms in total. The van der Waals surface area contributed by atoms with Crippen LogP contribution in [0, 0.1) is 0 Å². The smallest absolute Gasteiger partial charge is 0.312 e. The molecule has 1 aromatic heterocycles. The van der Waals surface area contributed by atoms with Gasteiger partial charge < -0.3 is 28.1 Å². The second-order valence-corrected chi connectivity index (χ2v) is 6.62. The van der Waals surface area contributed by atoms with Crippen LogP contribution in [0.5, 0.6) is 28.7 Å². The maximum atomic E-state index is 13.2. The topological polar surface area (TPSA) is 93.4 Å². The monoisotopic (exact) mass is 396 g/mol. The van der Waals surface area contributed by atoms with Gasteiger partial charge in [-0.3, -0.25) is 9.59 Å². The second-order valence-electron chi connectivity index (χ2n) is 6.62. The maximum absolute atomic E-state index is 13.2. The summed E-state index contributed by atoms with van der Waals surface area (Å²) in [6.07, 6.45) is 1.32. The van der Waals surface area contributed by atoms with E-state index in [0.717, 1.165) is 0 Å². The van der Waals surface area contributed by atoms with E-state index in [4.69, 9.17) is 28.1 Å². The Hall–Kier alpha value is -3.68. The Morgan fingerprint density at radius 1 is 0.966 bits per heavy atom. The van der Waals surface area contributed by atoms with E-state index >= 15 is 0 Å².